The summed E-state index contributed by atoms with van der Waals surface area (Å²) >= 11 is 0. The van der Waals surface area contributed by atoms with Gasteiger partial charge in [-0.3, -0.25) is 4.79 Å². The van der Waals surface area contributed by atoms with Crippen molar-refractivity contribution in [2.45, 2.75) is 19.3 Å². The van der Waals surface area contributed by atoms with Crippen molar-refractivity contribution in [1.29, 1.82) is 0 Å². The predicted molar refractivity (Wildman–Crippen MR) is 111 cm³/mol. The summed E-state index contributed by atoms with van der Waals surface area (Å²) in [6.45, 7) is 2.19. The normalized spacial score (nSPS) is 15.2. The van der Waals surface area contributed by atoms with E-state index in [1.807, 2.05) is 55.6 Å². The van der Waals surface area contributed by atoms with Crippen LogP contribution in [-0.4, -0.2) is 29.4 Å². The summed E-state index contributed by atoms with van der Waals surface area (Å²) in [6.07, 6.45) is 7.42. The van der Waals surface area contributed by atoms with Gasteiger partial charge in [0.1, 0.15) is 12.4 Å². The number of carbonyl (C=O) groups excluding carboxylic acids is 1. The van der Waals surface area contributed by atoms with Crippen LogP contribution in [0, 0.1) is 19.3 Å². The number of hydrogen-bond acceptors (Lipinski definition) is 4. The molecule has 1 aromatic heterocycles. The first-order valence-corrected chi connectivity index (χ1v) is 9.29. The Hall–Kier alpha value is -3.72. The van der Waals surface area contributed by atoms with Gasteiger partial charge in [-0.15, -0.1) is 6.42 Å². The maximum atomic E-state index is 12.5. The van der Waals surface area contributed by atoms with Crippen LogP contribution in [0.4, 0.5) is 5.82 Å². The lowest BCUT2D eigenvalue weighted by Gasteiger charge is -2.24. The highest BCUT2D eigenvalue weighted by atomic mass is 16.5. The zero-order chi connectivity index (χ0) is 20.4. The number of benzene rings is 2. The molecule has 6 nitrogen and oxygen atoms in total. The molecule has 1 aliphatic heterocycles. The molecule has 2 heterocycles. The van der Waals surface area contributed by atoms with Crippen molar-refractivity contribution in [3.63, 3.8) is 0 Å². The summed E-state index contributed by atoms with van der Waals surface area (Å²) in [5, 5.41) is 7.51. The Morgan fingerprint density at radius 1 is 1.24 bits per heavy atom. The number of rotatable bonds is 5. The lowest BCUT2D eigenvalue weighted by Crippen LogP contribution is -2.24. The van der Waals surface area contributed by atoms with Gasteiger partial charge in [0.25, 0.3) is 0 Å². The number of amides is 1. The number of ether oxygens (including phenoxy) is 2. The van der Waals surface area contributed by atoms with Crippen LogP contribution in [0.15, 0.2) is 48.7 Å². The number of anilines is 1. The molecule has 0 bridgehead atoms. The third-order valence-corrected chi connectivity index (χ3v) is 5.00. The molecule has 146 valence electrons. The van der Waals surface area contributed by atoms with Crippen LogP contribution in [0.2, 0.25) is 0 Å². The minimum atomic E-state index is -0.131. The molecule has 0 aliphatic carbocycles. The van der Waals surface area contributed by atoms with Gasteiger partial charge in [-0.25, -0.2) is 4.68 Å². The SMILES string of the molecule is C#CCOc1ccc([C@H]2CC(=O)Nc3c2cnn3-c2ccc(C)cc2)cc1OC. The molecular weight excluding hydrogens is 366 g/mol. The van der Waals surface area contributed by atoms with E-state index in [1.54, 1.807) is 11.8 Å². The molecule has 3 aromatic rings. The zero-order valence-electron chi connectivity index (χ0n) is 16.3. The summed E-state index contributed by atoms with van der Waals surface area (Å²) in [7, 11) is 1.58. The van der Waals surface area contributed by atoms with Gasteiger partial charge in [-0.05, 0) is 36.8 Å². The highest BCUT2D eigenvalue weighted by Gasteiger charge is 2.31. The van der Waals surface area contributed by atoms with Crippen LogP contribution < -0.4 is 14.8 Å². The fourth-order valence-electron chi connectivity index (χ4n) is 3.54. The zero-order valence-corrected chi connectivity index (χ0v) is 16.3. The van der Waals surface area contributed by atoms with Gasteiger partial charge < -0.3 is 14.8 Å². The predicted octanol–water partition coefficient (Wildman–Crippen LogP) is 3.68. The molecule has 6 heteroatoms. The molecule has 1 amide bonds. The van der Waals surface area contributed by atoms with Crippen molar-refractivity contribution < 1.29 is 14.3 Å². The van der Waals surface area contributed by atoms with E-state index in [1.165, 1.54) is 0 Å². The van der Waals surface area contributed by atoms with E-state index in [-0.39, 0.29) is 18.4 Å². The number of fused-ring (bicyclic) bond motifs is 1. The van der Waals surface area contributed by atoms with Gasteiger partial charge in [-0.1, -0.05) is 29.7 Å². The number of terminal acetylenes is 1. The monoisotopic (exact) mass is 387 g/mol. The molecular formula is C23H21N3O3. The highest BCUT2D eigenvalue weighted by Crippen LogP contribution is 2.40. The Bertz CT molecular complexity index is 1090. The van der Waals surface area contributed by atoms with Crippen molar-refractivity contribution in [2.24, 2.45) is 0 Å². The van der Waals surface area contributed by atoms with E-state index in [0.29, 0.717) is 23.7 Å². The fourth-order valence-corrected chi connectivity index (χ4v) is 3.54. The van der Waals surface area contributed by atoms with Gasteiger partial charge in [0.05, 0.1) is 19.0 Å². The van der Waals surface area contributed by atoms with E-state index < -0.39 is 0 Å². The summed E-state index contributed by atoms with van der Waals surface area (Å²) in [6, 6.07) is 13.7. The first-order chi connectivity index (χ1) is 14.1. The molecule has 0 spiro atoms. The van der Waals surface area contributed by atoms with Crippen LogP contribution in [0.3, 0.4) is 0 Å². The first-order valence-electron chi connectivity index (χ1n) is 9.29. The average molecular weight is 387 g/mol. The number of nitrogens with zero attached hydrogens (tertiary/aromatic N) is 2. The van der Waals surface area contributed by atoms with E-state index in [0.717, 1.165) is 22.4 Å². The first kappa shape index (κ1) is 18.6. The van der Waals surface area contributed by atoms with Crippen molar-refractivity contribution in [2.75, 3.05) is 19.0 Å². The lowest BCUT2D eigenvalue weighted by molar-refractivity contribution is -0.116. The maximum Gasteiger partial charge on any atom is 0.226 e. The topological polar surface area (TPSA) is 65.4 Å². The third kappa shape index (κ3) is 3.55. The van der Waals surface area contributed by atoms with E-state index >= 15 is 0 Å². The van der Waals surface area contributed by atoms with Gasteiger partial charge in [0.2, 0.25) is 5.91 Å². The van der Waals surface area contributed by atoms with Gasteiger partial charge >= 0.3 is 0 Å². The van der Waals surface area contributed by atoms with Crippen LogP contribution in [0.25, 0.3) is 5.69 Å². The molecule has 1 atom stereocenters. The van der Waals surface area contributed by atoms with Crippen LogP contribution in [0.5, 0.6) is 11.5 Å². The molecule has 2 aromatic carbocycles. The van der Waals surface area contributed by atoms with E-state index in [9.17, 15) is 4.79 Å². The summed E-state index contributed by atoms with van der Waals surface area (Å²) < 4.78 is 12.7. The van der Waals surface area contributed by atoms with E-state index in [2.05, 4.69) is 16.3 Å². The molecule has 0 unspecified atom stereocenters. The maximum absolute atomic E-state index is 12.5. The summed E-state index contributed by atoms with van der Waals surface area (Å²) in [4.78, 5) is 12.5. The summed E-state index contributed by atoms with van der Waals surface area (Å²) in [5.41, 5.74) is 3.98. The Morgan fingerprint density at radius 2 is 2.03 bits per heavy atom. The molecule has 0 fully saturated rings. The molecule has 0 saturated carbocycles. The van der Waals surface area contributed by atoms with Crippen molar-refractivity contribution in [3.05, 3.63) is 65.4 Å². The number of nitrogens with one attached hydrogen (secondary N) is 1. The highest BCUT2D eigenvalue weighted by molar-refractivity contribution is 5.94. The van der Waals surface area contributed by atoms with Gasteiger partial charge in [-0.2, -0.15) is 5.10 Å². The Kier molecular flexibility index (Phi) is 4.96. The molecule has 0 radical (unpaired) electrons. The van der Waals surface area contributed by atoms with Gasteiger partial charge in [0, 0.05) is 17.9 Å². The number of carbonyl (C=O) groups is 1. The lowest BCUT2D eigenvalue weighted by atomic mass is 9.87. The van der Waals surface area contributed by atoms with Crippen LogP contribution in [-0.2, 0) is 4.79 Å². The molecule has 4 rings (SSSR count). The van der Waals surface area contributed by atoms with Gasteiger partial charge in [0.15, 0.2) is 11.5 Å². The van der Waals surface area contributed by atoms with Crippen molar-refractivity contribution in [1.82, 2.24) is 9.78 Å². The number of aromatic nitrogens is 2. The Morgan fingerprint density at radius 3 is 2.76 bits per heavy atom. The number of aryl methyl sites for hydroxylation is 1. The second kappa shape index (κ2) is 7.72. The molecule has 29 heavy (non-hydrogen) atoms. The fraction of sp³-hybridized carbons (Fsp3) is 0.217. The molecule has 1 aliphatic rings. The average Bonchev–Trinajstić information content (AvgIpc) is 3.15. The van der Waals surface area contributed by atoms with Crippen molar-refractivity contribution >= 4 is 11.7 Å². The Labute approximate surface area is 169 Å². The molecule has 1 N–H and O–H groups in total. The smallest absolute Gasteiger partial charge is 0.226 e. The van der Waals surface area contributed by atoms with E-state index in [4.69, 9.17) is 15.9 Å². The standard InChI is InChI=1S/C23H21N3O3/c1-4-11-29-20-10-7-16(12-21(20)28-3)18-13-22(27)25-23-19(18)14-24-26(23)17-8-5-15(2)6-9-17/h1,5-10,12,14,18H,11,13H2,2-3H3,(H,25,27)/t18-/m1/s1. The van der Waals surface area contributed by atoms with Crippen LogP contribution >= 0.6 is 0 Å². The Balaban J connectivity index is 1.73. The second-order valence-corrected chi connectivity index (χ2v) is 6.90. The number of hydrogen-bond donors (Lipinski definition) is 1. The van der Waals surface area contributed by atoms with Crippen molar-refractivity contribution in [3.8, 4) is 29.5 Å². The second-order valence-electron chi connectivity index (χ2n) is 6.90. The minimum absolute atomic E-state index is 0.0528. The minimum Gasteiger partial charge on any atom is -0.493 e. The summed E-state index contributed by atoms with van der Waals surface area (Å²) in [5.74, 6) is 4.11. The largest absolute Gasteiger partial charge is 0.493 e. The number of methoxy groups -OCH3 is 1. The molecule has 0 saturated heterocycles. The third-order valence-electron chi connectivity index (χ3n) is 5.00. The van der Waals surface area contributed by atoms with Crippen LogP contribution in [0.1, 0.15) is 29.0 Å². The quantitative estimate of drug-likeness (QED) is 0.679.